The predicted molar refractivity (Wildman–Crippen MR) is 90.4 cm³/mol. The summed E-state index contributed by atoms with van der Waals surface area (Å²) in [4.78, 5) is 22.7. The van der Waals surface area contributed by atoms with E-state index in [2.05, 4.69) is 10.5 Å². The normalized spacial score (nSPS) is 10.4. The summed E-state index contributed by atoms with van der Waals surface area (Å²) in [6.07, 6.45) is 1.39. The maximum absolute atomic E-state index is 11.7. The van der Waals surface area contributed by atoms with Gasteiger partial charge in [0, 0.05) is 17.5 Å². The molecule has 2 aromatic carbocycles. The minimum Gasteiger partial charge on any atom is -0.484 e. The van der Waals surface area contributed by atoms with Crippen LogP contribution in [-0.4, -0.2) is 24.7 Å². The van der Waals surface area contributed by atoms with Crippen molar-refractivity contribution in [1.29, 1.82) is 0 Å². The van der Waals surface area contributed by atoms with Crippen LogP contribution in [0, 0.1) is 0 Å². The Morgan fingerprint density at radius 2 is 1.88 bits per heavy atom. The van der Waals surface area contributed by atoms with E-state index in [-0.39, 0.29) is 6.61 Å². The maximum Gasteiger partial charge on any atom is 0.308 e. The van der Waals surface area contributed by atoms with E-state index in [0.717, 1.165) is 0 Å². The predicted octanol–water partition coefficient (Wildman–Crippen LogP) is 2.79. The van der Waals surface area contributed by atoms with E-state index in [1.165, 1.54) is 13.1 Å². The van der Waals surface area contributed by atoms with Gasteiger partial charge in [0.05, 0.1) is 6.21 Å². The van der Waals surface area contributed by atoms with Crippen LogP contribution in [0.2, 0.25) is 5.02 Å². The van der Waals surface area contributed by atoms with Crippen molar-refractivity contribution < 1.29 is 19.1 Å². The Labute approximate surface area is 144 Å². The standard InChI is InChI=1S/C17H15ClN2O4/c1-12(21)24-16-5-3-2-4-13(16)10-19-20-17(22)11-23-15-8-6-14(18)7-9-15/h2-10H,11H2,1H3,(H,20,22)/b19-10-. The summed E-state index contributed by atoms with van der Waals surface area (Å²) in [7, 11) is 0. The molecule has 0 aliphatic rings. The zero-order valence-electron chi connectivity index (χ0n) is 12.9. The van der Waals surface area contributed by atoms with Crippen molar-refractivity contribution >= 4 is 29.7 Å². The average molecular weight is 347 g/mol. The van der Waals surface area contributed by atoms with Crippen LogP contribution in [0.3, 0.4) is 0 Å². The van der Waals surface area contributed by atoms with Crippen LogP contribution in [0.1, 0.15) is 12.5 Å². The van der Waals surface area contributed by atoms with E-state index >= 15 is 0 Å². The van der Waals surface area contributed by atoms with Gasteiger partial charge < -0.3 is 9.47 Å². The Hall–Kier alpha value is -2.86. The second kappa shape index (κ2) is 8.69. The summed E-state index contributed by atoms with van der Waals surface area (Å²) < 4.78 is 10.3. The number of rotatable bonds is 6. The summed E-state index contributed by atoms with van der Waals surface area (Å²) in [5.41, 5.74) is 2.89. The fraction of sp³-hybridized carbons (Fsp3) is 0.118. The van der Waals surface area contributed by atoms with Crippen LogP contribution < -0.4 is 14.9 Å². The number of ether oxygens (including phenoxy) is 2. The quantitative estimate of drug-likeness (QED) is 0.377. The van der Waals surface area contributed by atoms with Crippen molar-refractivity contribution in [3.05, 3.63) is 59.1 Å². The molecule has 0 fully saturated rings. The smallest absolute Gasteiger partial charge is 0.308 e. The van der Waals surface area contributed by atoms with Gasteiger partial charge in [-0.15, -0.1) is 0 Å². The molecule has 24 heavy (non-hydrogen) atoms. The first kappa shape index (κ1) is 17.5. The Bertz CT molecular complexity index is 745. The Balaban J connectivity index is 1.86. The lowest BCUT2D eigenvalue weighted by Gasteiger charge is -2.06. The number of hydrazone groups is 1. The molecule has 0 saturated carbocycles. The molecular weight excluding hydrogens is 332 g/mol. The number of nitrogens with zero attached hydrogens (tertiary/aromatic N) is 1. The molecule has 2 rings (SSSR count). The zero-order valence-corrected chi connectivity index (χ0v) is 13.6. The van der Waals surface area contributed by atoms with Crippen LogP contribution in [0.4, 0.5) is 0 Å². The van der Waals surface area contributed by atoms with Crippen LogP contribution >= 0.6 is 11.6 Å². The second-order valence-electron chi connectivity index (χ2n) is 4.67. The number of benzene rings is 2. The lowest BCUT2D eigenvalue weighted by molar-refractivity contribution is -0.132. The van der Waals surface area contributed by atoms with Crippen molar-refractivity contribution in [3.63, 3.8) is 0 Å². The first-order chi connectivity index (χ1) is 11.5. The number of hydrogen-bond acceptors (Lipinski definition) is 5. The monoisotopic (exact) mass is 346 g/mol. The van der Waals surface area contributed by atoms with Gasteiger partial charge in [-0.3, -0.25) is 9.59 Å². The zero-order chi connectivity index (χ0) is 17.4. The van der Waals surface area contributed by atoms with E-state index in [4.69, 9.17) is 21.1 Å². The largest absolute Gasteiger partial charge is 0.484 e. The number of carbonyl (C=O) groups excluding carboxylic acids is 2. The molecule has 0 bridgehead atoms. The lowest BCUT2D eigenvalue weighted by atomic mass is 10.2. The van der Waals surface area contributed by atoms with E-state index in [0.29, 0.717) is 22.1 Å². The lowest BCUT2D eigenvalue weighted by Crippen LogP contribution is -2.24. The Morgan fingerprint density at radius 1 is 1.17 bits per heavy atom. The highest BCUT2D eigenvalue weighted by molar-refractivity contribution is 6.30. The van der Waals surface area contributed by atoms with E-state index in [1.807, 2.05) is 0 Å². The number of nitrogens with one attached hydrogen (secondary N) is 1. The molecule has 1 amide bonds. The molecule has 0 spiro atoms. The van der Waals surface area contributed by atoms with Gasteiger partial charge in [-0.25, -0.2) is 5.43 Å². The molecule has 0 aliphatic carbocycles. The van der Waals surface area contributed by atoms with Crippen LogP contribution in [0.15, 0.2) is 53.6 Å². The molecule has 6 nitrogen and oxygen atoms in total. The summed E-state index contributed by atoms with van der Waals surface area (Å²) in [6.45, 7) is 1.12. The fourth-order valence-electron chi connectivity index (χ4n) is 1.72. The molecule has 7 heteroatoms. The third-order valence-corrected chi connectivity index (χ3v) is 3.00. The molecule has 124 valence electrons. The van der Waals surface area contributed by atoms with Gasteiger partial charge in [0.25, 0.3) is 5.91 Å². The second-order valence-corrected chi connectivity index (χ2v) is 5.10. The van der Waals surface area contributed by atoms with Crippen molar-refractivity contribution in [2.45, 2.75) is 6.92 Å². The molecular formula is C17H15ClN2O4. The number of esters is 1. The van der Waals surface area contributed by atoms with Crippen molar-refractivity contribution in [2.75, 3.05) is 6.61 Å². The third-order valence-electron chi connectivity index (χ3n) is 2.75. The van der Waals surface area contributed by atoms with Crippen LogP contribution in [0.5, 0.6) is 11.5 Å². The van der Waals surface area contributed by atoms with Crippen molar-refractivity contribution in [2.24, 2.45) is 5.10 Å². The third kappa shape index (κ3) is 5.73. The summed E-state index contributed by atoms with van der Waals surface area (Å²) in [5, 5.41) is 4.40. The van der Waals surface area contributed by atoms with Gasteiger partial charge in [0.2, 0.25) is 0 Å². The molecule has 0 aliphatic heterocycles. The number of amides is 1. The van der Waals surface area contributed by atoms with Crippen molar-refractivity contribution in [3.8, 4) is 11.5 Å². The molecule has 0 atom stereocenters. The average Bonchev–Trinajstić information content (AvgIpc) is 2.55. The maximum atomic E-state index is 11.7. The van der Waals surface area contributed by atoms with Crippen LogP contribution in [0.25, 0.3) is 0 Å². The highest BCUT2D eigenvalue weighted by Crippen LogP contribution is 2.16. The van der Waals surface area contributed by atoms with Gasteiger partial charge in [-0.2, -0.15) is 5.10 Å². The van der Waals surface area contributed by atoms with E-state index < -0.39 is 11.9 Å². The van der Waals surface area contributed by atoms with Crippen molar-refractivity contribution in [1.82, 2.24) is 5.43 Å². The molecule has 0 radical (unpaired) electrons. The molecule has 0 saturated heterocycles. The SMILES string of the molecule is CC(=O)Oc1ccccc1/C=N\NC(=O)COc1ccc(Cl)cc1. The molecule has 0 heterocycles. The van der Waals surface area contributed by atoms with Gasteiger partial charge >= 0.3 is 5.97 Å². The van der Waals surface area contributed by atoms with Gasteiger partial charge in [0.1, 0.15) is 11.5 Å². The first-order valence-corrected chi connectivity index (χ1v) is 7.40. The molecule has 0 unspecified atom stereocenters. The molecule has 2 aromatic rings. The summed E-state index contributed by atoms with van der Waals surface area (Å²) in [5.74, 6) is 0.0292. The minimum absolute atomic E-state index is 0.190. The summed E-state index contributed by atoms with van der Waals surface area (Å²) in [6, 6.07) is 13.5. The van der Waals surface area contributed by atoms with Gasteiger partial charge in [0.15, 0.2) is 6.61 Å². The number of halogens is 1. The highest BCUT2D eigenvalue weighted by atomic mass is 35.5. The Kier molecular flexibility index (Phi) is 6.33. The molecule has 1 N–H and O–H groups in total. The molecule has 0 aromatic heterocycles. The van der Waals surface area contributed by atoms with Gasteiger partial charge in [-0.05, 0) is 36.4 Å². The number of hydrogen-bond donors (Lipinski definition) is 1. The summed E-state index contributed by atoms with van der Waals surface area (Å²) >= 11 is 5.76. The first-order valence-electron chi connectivity index (χ1n) is 7.02. The Morgan fingerprint density at radius 3 is 2.58 bits per heavy atom. The number of carbonyl (C=O) groups is 2. The minimum atomic E-state index is -0.434. The van der Waals surface area contributed by atoms with E-state index in [1.54, 1.807) is 48.5 Å². The fourth-order valence-corrected chi connectivity index (χ4v) is 1.85. The number of para-hydroxylation sites is 1. The highest BCUT2D eigenvalue weighted by Gasteiger charge is 2.04. The van der Waals surface area contributed by atoms with Crippen LogP contribution in [-0.2, 0) is 9.59 Å². The topological polar surface area (TPSA) is 77.0 Å². The van der Waals surface area contributed by atoms with Gasteiger partial charge in [-0.1, -0.05) is 23.7 Å². The van der Waals surface area contributed by atoms with E-state index in [9.17, 15) is 9.59 Å².